The number of para-hydroxylation sites is 1. The predicted octanol–water partition coefficient (Wildman–Crippen LogP) is 3.06. The molecular formula is C13H9ClN2O3. The Morgan fingerprint density at radius 3 is 2.37 bits per heavy atom. The monoisotopic (exact) mass is 276 g/mol. The van der Waals surface area contributed by atoms with Crippen LogP contribution in [0.3, 0.4) is 0 Å². The van der Waals surface area contributed by atoms with Crippen LogP contribution in [-0.2, 0) is 0 Å². The van der Waals surface area contributed by atoms with Gasteiger partial charge in [-0.1, -0.05) is 17.7 Å². The van der Waals surface area contributed by atoms with Gasteiger partial charge in [0.25, 0.3) is 5.69 Å². The van der Waals surface area contributed by atoms with Gasteiger partial charge in [0.1, 0.15) is 0 Å². The molecular weight excluding hydrogens is 268 g/mol. The van der Waals surface area contributed by atoms with Gasteiger partial charge >= 0.3 is 0 Å². The van der Waals surface area contributed by atoms with E-state index >= 15 is 0 Å². The number of carbonyl (C=O) groups excluding carboxylic acids is 1. The van der Waals surface area contributed by atoms with Gasteiger partial charge in [-0.05, 0) is 24.3 Å². The minimum absolute atomic E-state index is 0.0735. The summed E-state index contributed by atoms with van der Waals surface area (Å²) >= 11 is 5.85. The average Bonchev–Trinajstić information content (AvgIpc) is 2.41. The van der Waals surface area contributed by atoms with Crippen molar-refractivity contribution in [1.82, 2.24) is 0 Å². The fraction of sp³-hybridized carbons (Fsp3) is 0. The van der Waals surface area contributed by atoms with Crippen LogP contribution in [0.4, 0.5) is 11.4 Å². The highest BCUT2D eigenvalue weighted by Gasteiger charge is 2.15. The molecule has 0 radical (unpaired) electrons. The summed E-state index contributed by atoms with van der Waals surface area (Å²) in [6, 6.07) is 10.1. The molecule has 0 unspecified atom stereocenters. The number of rotatable bonds is 3. The molecule has 0 atom stereocenters. The summed E-state index contributed by atoms with van der Waals surface area (Å²) in [6.45, 7) is 0. The van der Waals surface area contributed by atoms with E-state index in [0.29, 0.717) is 10.6 Å². The maximum Gasteiger partial charge on any atom is 0.269 e. The van der Waals surface area contributed by atoms with Crippen molar-refractivity contribution in [2.45, 2.75) is 0 Å². The van der Waals surface area contributed by atoms with E-state index in [4.69, 9.17) is 17.3 Å². The number of hydrogen-bond donors (Lipinski definition) is 1. The average molecular weight is 277 g/mol. The van der Waals surface area contributed by atoms with E-state index in [1.165, 1.54) is 24.3 Å². The molecule has 2 aromatic rings. The Morgan fingerprint density at radius 1 is 1.16 bits per heavy atom. The zero-order valence-corrected chi connectivity index (χ0v) is 10.4. The fourth-order valence-corrected chi connectivity index (χ4v) is 1.80. The van der Waals surface area contributed by atoms with E-state index in [1.54, 1.807) is 18.2 Å². The highest BCUT2D eigenvalue weighted by atomic mass is 35.5. The lowest BCUT2D eigenvalue weighted by atomic mass is 10.0. The SMILES string of the molecule is Nc1c(Cl)cccc1C(=O)c1ccc([N+](=O)[O-])cc1. The minimum atomic E-state index is -0.526. The molecule has 0 aliphatic rings. The standard InChI is InChI=1S/C13H9ClN2O3/c14-11-3-1-2-10(12(11)15)13(17)8-4-6-9(7-5-8)16(18)19/h1-7H,15H2. The second kappa shape index (κ2) is 5.07. The molecule has 0 aliphatic heterocycles. The first kappa shape index (κ1) is 13.0. The molecule has 6 heteroatoms. The van der Waals surface area contributed by atoms with Crippen molar-refractivity contribution in [3.63, 3.8) is 0 Å². The topological polar surface area (TPSA) is 86.2 Å². The molecule has 2 aromatic carbocycles. The molecule has 0 saturated carbocycles. The van der Waals surface area contributed by atoms with Gasteiger partial charge in [0, 0.05) is 23.3 Å². The number of hydrogen-bond acceptors (Lipinski definition) is 4. The van der Waals surface area contributed by atoms with Crippen molar-refractivity contribution in [1.29, 1.82) is 0 Å². The van der Waals surface area contributed by atoms with Gasteiger partial charge < -0.3 is 5.73 Å². The Labute approximate surface area is 113 Å². The number of anilines is 1. The van der Waals surface area contributed by atoms with Crippen molar-refractivity contribution < 1.29 is 9.72 Å². The van der Waals surface area contributed by atoms with Crippen LogP contribution in [0.1, 0.15) is 15.9 Å². The Balaban J connectivity index is 2.39. The minimum Gasteiger partial charge on any atom is -0.397 e. The van der Waals surface area contributed by atoms with E-state index in [-0.39, 0.29) is 22.7 Å². The van der Waals surface area contributed by atoms with Gasteiger partial charge in [-0.25, -0.2) is 0 Å². The number of ketones is 1. The zero-order chi connectivity index (χ0) is 14.0. The van der Waals surface area contributed by atoms with E-state index in [2.05, 4.69) is 0 Å². The number of benzene rings is 2. The number of halogens is 1. The number of nitro benzene ring substituents is 1. The van der Waals surface area contributed by atoms with Gasteiger partial charge in [-0.15, -0.1) is 0 Å². The van der Waals surface area contributed by atoms with Gasteiger partial charge in [0.05, 0.1) is 15.6 Å². The van der Waals surface area contributed by atoms with Crippen LogP contribution in [0, 0.1) is 10.1 Å². The lowest BCUT2D eigenvalue weighted by Crippen LogP contribution is -2.05. The smallest absolute Gasteiger partial charge is 0.269 e. The molecule has 0 saturated heterocycles. The molecule has 96 valence electrons. The van der Waals surface area contributed by atoms with Crippen LogP contribution in [0.5, 0.6) is 0 Å². The first-order valence-corrected chi connectivity index (χ1v) is 5.71. The number of non-ortho nitro benzene ring substituents is 1. The highest BCUT2D eigenvalue weighted by Crippen LogP contribution is 2.25. The van der Waals surface area contributed by atoms with Crippen molar-refractivity contribution >= 4 is 28.8 Å². The van der Waals surface area contributed by atoms with E-state index in [9.17, 15) is 14.9 Å². The third kappa shape index (κ3) is 2.56. The Hall–Kier alpha value is -2.40. The van der Waals surface area contributed by atoms with E-state index in [1.807, 2.05) is 0 Å². The Morgan fingerprint density at radius 2 is 1.79 bits per heavy atom. The third-order valence-electron chi connectivity index (χ3n) is 2.64. The molecule has 0 aliphatic carbocycles. The Kier molecular flexibility index (Phi) is 3.48. The highest BCUT2D eigenvalue weighted by molar-refractivity contribution is 6.34. The predicted molar refractivity (Wildman–Crippen MR) is 72.4 cm³/mol. The molecule has 0 aromatic heterocycles. The zero-order valence-electron chi connectivity index (χ0n) is 9.67. The maximum atomic E-state index is 12.2. The van der Waals surface area contributed by atoms with Gasteiger partial charge in [-0.2, -0.15) is 0 Å². The molecule has 2 rings (SSSR count). The number of nitrogens with zero attached hydrogens (tertiary/aromatic N) is 1. The van der Waals surface area contributed by atoms with Gasteiger partial charge in [0.15, 0.2) is 5.78 Å². The summed E-state index contributed by atoms with van der Waals surface area (Å²) < 4.78 is 0. The summed E-state index contributed by atoms with van der Waals surface area (Å²) in [6.07, 6.45) is 0. The van der Waals surface area contributed by atoms with E-state index < -0.39 is 4.92 Å². The second-order valence-electron chi connectivity index (χ2n) is 3.83. The first-order valence-electron chi connectivity index (χ1n) is 5.34. The summed E-state index contributed by atoms with van der Waals surface area (Å²) in [5, 5.41) is 10.8. The van der Waals surface area contributed by atoms with Crippen molar-refractivity contribution in [2.75, 3.05) is 5.73 Å². The van der Waals surface area contributed by atoms with Crippen LogP contribution in [0.2, 0.25) is 5.02 Å². The summed E-state index contributed by atoms with van der Waals surface area (Å²) in [7, 11) is 0. The molecule has 5 nitrogen and oxygen atoms in total. The molecule has 2 N–H and O–H groups in total. The molecule has 0 fully saturated rings. The quantitative estimate of drug-likeness (QED) is 0.404. The maximum absolute atomic E-state index is 12.2. The molecule has 0 heterocycles. The normalized spacial score (nSPS) is 10.2. The summed E-state index contributed by atoms with van der Waals surface area (Å²) in [5.41, 5.74) is 6.46. The molecule has 0 bridgehead atoms. The summed E-state index contributed by atoms with van der Waals surface area (Å²) in [4.78, 5) is 22.2. The number of nitro groups is 1. The van der Waals surface area contributed by atoms with Crippen LogP contribution >= 0.6 is 11.6 Å². The van der Waals surface area contributed by atoms with Gasteiger partial charge in [-0.3, -0.25) is 14.9 Å². The van der Waals surface area contributed by atoms with Crippen LogP contribution < -0.4 is 5.73 Å². The van der Waals surface area contributed by atoms with Gasteiger partial charge in [0.2, 0.25) is 0 Å². The fourth-order valence-electron chi connectivity index (χ4n) is 1.63. The van der Waals surface area contributed by atoms with Crippen LogP contribution in [0.15, 0.2) is 42.5 Å². The van der Waals surface area contributed by atoms with Crippen molar-refractivity contribution in [3.05, 3.63) is 68.7 Å². The summed E-state index contributed by atoms with van der Waals surface area (Å²) in [5.74, 6) is -0.324. The number of nitrogen functional groups attached to an aromatic ring is 1. The number of carbonyl (C=O) groups is 1. The van der Waals surface area contributed by atoms with Crippen LogP contribution in [0.25, 0.3) is 0 Å². The van der Waals surface area contributed by atoms with Crippen molar-refractivity contribution in [2.24, 2.45) is 0 Å². The largest absolute Gasteiger partial charge is 0.397 e. The van der Waals surface area contributed by atoms with Crippen molar-refractivity contribution in [3.8, 4) is 0 Å². The molecule has 0 spiro atoms. The van der Waals surface area contributed by atoms with E-state index in [0.717, 1.165) is 0 Å². The number of nitrogens with two attached hydrogens (primary N) is 1. The lowest BCUT2D eigenvalue weighted by molar-refractivity contribution is -0.384. The Bertz CT molecular complexity index is 653. The molecule has 19 heavy (non-hydrogen) atoms. The molecule has 0 amide bonds. The lowest BCUT2D eigenvalue weighted by Gasteiger charge is -2.06. The third-order valence-corrected chi connectivity index (χ3v) is 2.97. The first-order chi connectivity index (χ1) is 9.00. The second-order valence-corrected chi connectivity index (χ2v) is 4.24. The van der Waals surface area contributed by atoms with Crippen LogP contribution in [-0.4, -0.2) is 10.7 Å².